The lowest BCUT2D eigenvalue weighted by atomic mass is 10.0. The van der Waals surface area contributed by atoms with E-state index in [1.165, 1.54) is 0 Å². The highest BCUT2D eigenvalue weighted by Gasteiger charge is 2.07. The van der Waals surface area contributed by atoms with Crippen LogP contribution in [0.1, 0.15) is 24.2 Å². The molecule has 2 aromatic rings. The van der Waals surface area contributed by atoms with Crippen LogP contribution >= 0.6 is 0 Å². The fourth-order valence-corrected chi connectivity index (χ4v) is 1.87. The molecule has 0 amide bonds. The largest absolute Gasteiger partial charge is 0.493 e. The number of fused-ring (bicyclic) bond motifs is 1. The van der Waals surface area contributed by atoms with Gasteiger partial charge in [0.05, 0.1) is 6.61 Å². The lowest BCUT2D eigenvalue weighted by Gasteiger charge is -2.09. The van der Waals surface area contributed by atoms with E-state index >= 15 is 0 Å². The van der Waals surface area contributed by atoms with Gasteiger partial charge in [-0.05, 0) is 25.3 Å². The molecular formula is C14H14O2. The number of hydrogen-bond acceptors (Lipinski definition) is 2. The Morgan fingerprint density at radius 3 is 2.50 bits per heavy atom. The highest BCUT2D eigenvalue weighted by Crippen LogP contribution is 2.28. The predicted molar refractivity (Wildman–Crippen MR) is 65.1 cm³/mol. The van der Waals surface area contributed by atoms with Crippen molar-refractivity contribution >= 4 is 16.6 Å². The molecular weight excluding hydrogens is 200 g/mol. The van der Waals surface area contributed by atoms with Crippen LogP contribution < -0.4 is 4.74 Å². The molecule has 0 spiro atoms. The molecule has 0 aliphatic carbocycles. The Labute approximate surface area is 94.8 Å². The SMILES string of the molecule is CCOc1cccc2c(C(C)=O)cccc12. The van der Waals surface area contributed by atoms with Crippen LogP contribution in [0.5, 0.6) is 5.75 Å². The van der Waals surface area contributed by atoms with Crippen LogP contribution in [-0.2, 0) is 0 Å². The third kappa shape index (κ3) is 1.78. The van der Waals surface area contributed by atoms with Crippen LogP contribution in [-0.4, -0.2) is 12.4 Å². The molecule has 2 heteroatoms. The van der Waals surface area contributed by atoms with E-state index in [2.05, 4.69) is 0 Å². The van der Waals surface area contributed by atoms with Gasteiger partial charge in [0.25, 0.3) is 0 Å². The summed E-state index contributed by atoms with van der Waals surface area (Å²) in [6.45, 7) is 4.17. The van der Waals surface area contributed by atoms with E-state index in [1.54, 1.807) is 6.92 Å². The summed E-state index contributed by atoms with van der Waals surface area (Å²) in [6, 6.07) is 11.5. The molecule has 2 rings (SSSR count). The highest BCUT2D eigenvalue weighted by atomic mass is 16.5. The van der Waals surface area contributed by atoms with Gasteiger partial charge in [-0.3, -0.25) is 4.79 Å². The Hall–Kier alpha value is -1.83. The van der Waals surface area contributed by atoms with E-state index in [0.717, 1.165) is 22.1 Å². The monoisotopic (exact) mass is 214 g/mol. The average molecular weight is 214 g/mol. The minimum Gasteiger partial charge on any atom is -0.493 e. The van der Waals surface area contributed by atoms with Gasteiger partial charge in [-0.25, -0.2) is 0 Å². The fourth-order valence-electron chi connectivity index (χ4n) is 1.87. The molecule has 0 bridgehead atoms. The van der Waals surface area contributed by atoms with Gasteiger partial charge in [-0.2, -0.15) is 0 Å². The van der Waals surface area contributed by atoms with Gasteiger partial charge in [0, 0.05) is 10.9 Å². The lowest BCUT2D eigenvalue weighted by molar-refractivity contribution is 0.101. The number of hydrogen-bond donors (Lipinski definition) is 0. The maximum atomic E-state index is 11.5. The van der Waals surface area contributed by atoms with Crippen molar-refractivity contribution in [1.82, 2.24) is 0 Å². The second-order valence-corrected chi connectivity index (χ2v) is 3.65. The summed E-state index contributed by atoms with van der Waals surface area (Å²) in [5.74, 6) is 0.919. The molecule has 0 saturated carbocycles. The number of rotatable bonds is 3. The first-order valence-electron chi connectivity index (χ1n) is 5.39. The molecule has 0 N–H and O–H groups in total. The maximum absolute atomic E-state index is 11.5. The summed E-state index contributed by atoms with van der Waals surface area (Å²) >= 11 is 0. The number of carbonyl (C=O) groups excluding carboxylic acids is 1. The third-order valence-electron chi connectivity index (χ3n) is 2.56. The second-order valence-electron chi connectivity index (χ2n) is 3.65. The van der Waals surface area contributed by atoms with Gasteiger partial charge in [0.15, 0.2) is 5.78 Å². The molecule has 0 unspecified atom stereocenters. The van der Waals surface area contributed by atoms with Crippen molar-refractivity contribution in [3.8, 4) is 5.75 Å². The van der Waals surface area contributed by atoms with Crippen LogP contribution in [0.3, 0.4) is 0 Å². The van der Waals surface area contributed by atoms with Gasteiger partial charge < -0.3 is 4.74 Å². The zero-order valence-corrected chi connectivity index (χ0v) is 9.49. The van der Waals surface area contributed by atoms with Gasteiger partial charge >= 0.3 is 0 Å². The lowest BCUT2D eigenvalue weighted by Crippen LogP contribution is -1.96. The summed E-state index contributed by atoms with van der Waals surface area (Å²) in [6.07, 6.45) is 0. The minimum absolute atomic E-state index is 0.0826. The van der Waals surface area contributed by atoms with E-state index in [4.69, 9.17) is 4.74 Å². The molecule has 0 radical (unpaired) electrons. The van der Waals surface area contributed by atoms with Crippen molar-refractivity contribution in [3.63, 3.8) is 0 Å². The summed E-state index contributed by atoms with van der Waals surface area (Å²) in [5.41, 5.74) is 0.749. The zero-order valence-electron chi connectivity index (χ0n) is 9.49. The molecule has 16 heavy (non-hydrogen) atoms. The summed E-state index contributed by atoms with van der Waals surface area (Å²) in [7, 11) is 0. The summed E-state index contributed by atoms with van der Waals surface area (Å²) in [5, 5.41) is 1.96. The summed E-state index contributed by atoms with van der Waals surface area (Å²) in [4.78, 5) is 11.5. The molecule has 2 nitrogen and oxygen atoms in total. The number of ketones is 1. The maximum Gasteiger partial charge on any atom is 0.160 e. The van der Waals surface area contributed by atoms with E-state index < -0.39 is 0 Å². The molecule has 0 fully saturated rings. The van der Waals surface area contributed by atoms with E-state index in [9.17, 15) is 4.79 Å². The summed E-state index contributed by atoms with van der Waals surface area (Å²) < 4.78 is 5.54. The van der Waals surface area contributed by atoms with Crippen molar-refractivity contribution in [2.75, 3.05) is 6.61 Å². The number of benzene rings is 2. The number of ether oxygens (including phenoxy) is 1. The van der Waals surface area contributed by atoms with Crippen molar-refractivity contribution in [1.29, 1.82) is 0 Å². The third-order valence-corrected chi connectivity index (χ3v) is 2.56. The normalized spacial score (nSPS) is 10.4. The van der Waals surface area contributed by atoms with Gasteiger partial charge in [0.1, 0.15) is 5.75 Å². The average Bonchev–Trinajstić information content (AvgIpc) is 2.29. The van der Waals surface area contributed by atoms with Crippen LogP contribution in [0.4, 0.5) is 0 Å². The van der Waals surface area contributed by atoms with E-state index in [1.807, 2.05) is 43.3 Å². The van der Waals surface area contributed by atoms with Crippen LogP contribution in [0.25, 0.3) is 10.8 Å². The zero-order chi connectivity index (χ0) is 11.5. The molecule has 0 heterocycles. The van der Waals surface area contributed by atoms with Gasteiger partial charge in [-0.1, -0.05) is 30.3 Å². The van der Waals surface area contributed by atoms with E-state index in [-0.39, 0.29) is 5.78 Å². The highest BCUT2D eigenvalue weighted by molar-refractivity contribution is 6.08. The molecule has 0 aromatic heterocycles. The van der Waals surface area contributed by atoms with Crippen molar-refractivity contribution in [3.05, 3.63) is 42.0 Å². The first-order valence-corrected chi connectivity index (χ1v) is 5.39. The van der Waals surface area contributed by atoms with E-state index in [0.29, 0.717) is 6.61 Å². The standard InChI is InChI=1S/C14H14O2/c1-3-16-14-9-5-7-12-11(10(2)15)6-4-8-13(12)14/h4-9H,3H2,1-2H3. The second kappa shape index (κ2) is 4.35. The van der Waals surface area contributed by atoms with Crippen LogP contribution in [0.15, 0.2) is 36.4 Å². The van der Waals surface area contributed by atoms with Crippen molar-refractivity contribution in [2.24, 2.45) is 0 Å². The minimum atomic E-state index is 0.0826. The molecule has 0 atom stereocenters. The Kier molecular flexibility index (Phi) is 2.91. The number of carbonyl (C=O) groups is 1. The molecule has 0 aliphatic heterocycles. The smallest absolute Gasteiger partial charge is 0.160 e. The van der Waals surface area contributed by atoms with Crippen molar-refractivity contribution < 1.29 is 9.53 Å². The molecule has 0 saturated heterocycles. The molecule has 82 valence electrons. The first-order chi connectivity index (χ1) is 7.74. The predicted octanol–water partition coefficient (Wildman–Crippen LogP) is 3.44. The van der Waals surface area contributed by atoms with Gasteiger partial charge in [-0.15, -0.1) is 0 Å². The quantitative estimate of drug-likeness (QED) is 0.731. The Bertz CT molecular complexity index is 529. The number of Topliss-reactive ketones (excluding diaryl/α,β-unsaturated/α-hetero) is 1. The van der Waals surface area contributed by atoms with Crippen LogP contribution in [0, 0.1) is 0 Å². The topological polar surface area (TPSA) is 26.3 Å². The molecule has 0 aliphatic rings. The Morgan fingerprint density at radius 1 is 1.12 bits per heavy atom. The first kappa shape index (κ1) is 10.7. The fraction of sp³-hybridized carbons (Fsp3) is 0.214. The van der Waals surface area contributed by atoms with Gasteiger partial charge in [0.2, 0.25) is 0 Å². The van der Waals surface area contributed by atoms with Crippen LogP contribution in [0.2, 0.25) is 0 Å². The Morgan fingerprint density at radius 2 is 1.81 bits per heavy atom. The van der Waals surface area contributed by atoms with Crippen molar-refractivity contribution in [2.45, 2.75) is 13.8 Å². The molecule has 2 aromatic carbocycles. The Balaban J connectivity index is 2.71.